The Morgan fingerprint density at radius 1 is 0.625 bits per heavy atom. The molecule has 8 heavy (non-hydrogen) atoms. The average molecular weight is 134 g/mol. The van der Waals surface area contributed by atoms with Crippen molar-refractivity contribution in [2.24, 2.45) is 0 Å². The fourth-order valence-electron chi connectivity index (χ4n) is 0. The molecule has 54 valence electrons. The first-order chi connectivity index (χ1) is 3.91. The summed E-state index contributed by atoms with van der Waals surface area (Å²) in [6.07, 6.45) is 0. The van der Waals surface area contributed by atoms with Crippen LogP contribution in [-0.4, -0.2) is 31.5 Å². The molecule has 0 saturated heterocycles. The van der Waals surface area contributed by atoms with Crippen LogP contribution in [0.15, 0.2) is 0 Å². The van der Waals surface area contributed by atoms with E-state index >= 15 is 0 Å². The van der Waals surface area contributed by atoms with Crippen molar-refractivity contribution in [3.63, 3.8) is 0 Å². The van der Waals surface area contributed by atoms with Crippen LogP contribution < -0.4 is 0 Å². The number of hydrogen-bond acceptors (Lipinski definition) is 8. The molecule has 0 amide bonds. The molecule has 8 nitrogen and oxygen atoms in total. The van der Waals surface area contributed by atoms with Gasteiger partial charge in [0.05, 0.1) is 0 Å². The number of rotatable bonds is 1. The Balaban J connectivity index is -0.0000000542. The van der Waals surface area contributed by atoms with Gasteiger partial charge in [0.25, 0.3) is 0 Å². The molecule has 0 radical (unpaired) electrons. The molecule has 0 aliphatic rings. The molecule has 0 aromatic carbocycles. The third kappa shape index (κ3) is 269. The minimum Gasteiger partial charge on any atom is -0.255 e. The highest BCUT2D eigenvalue weighted by Crippen LogP contribution is 1.49. The van der Waals surface area contributed by atoms with Crippen molar-refractivity contribution in [1.29, 1.82) is 0 Å². The van der Waals surface area contributed by atoms with Gasteiger partial charge in [0, 0.05) is 0 Å². The molecule has 0 aromatic heterocycles. The van der Waals surface area contributed by atoms with Crippen LogP contribution in [0.25, 0.3) is 0 Å². The molecule has 6 N–H and O–H groups in total. The van der Waals surface area contributed by atoms with E-state index in [1.807, 2.05) is 0 Å². The Hall–Kier alpha value is -0.320. The van der Waals surface area contributed by atoms with E-state index < -0.39 is 0 Å². The van der Waals surface area contributed by atoms with Crippen LogP contribution in [0.5, 0.6) is 0 Å². The average Bonchev–Trinajstić information content (AvgIpc) is 1.96. The predicted octanol–water partition coefficient (Wildman–Crippen LogP) is -0.0846. The van der Waals surface area contributed by atoms with E-state index in [2.05, 4.69) is 10.1 Å². The topological polar surface area (TPSA) is 140 Å². The highest BCUT2D eigenvalue weighted by molar-refractivity contribution is 2.64. The molecule has 0 bridgehead atoms. The second-order valence-corrected chi connectivity index (χ2v) is 0.149. The van der Waals surface area contributed by atoms with Crippen LogP contribution in [0, 0.1) is 0 Å². The summed E-state index contributed by atoms with van der Waals surface area (Å²) in [6, 6.07) is 0. The van der Waals surface area contributed by atoms with Gasteiger partial charge in [-0.2, -0.15) is 0 Å². The van der Waals surface area contributed by atoms with E-state index in [0.717, 1.165) is 0 Å². The summed E-state index contributed by atoms with van der Waals surface area (Å²) < 4.78 is 0. The molecular formula is H6O8. The van der Waals surface area contributed by atoms with Crippen molar-refractivity contribution < 1.29 is 41.6 Å². The Kier molecular flexibility index (Phi) is 149. The van der Waals surface area contributed by atoms with Crippen LogP contribution in [0.4, 0.5) is 0 Å². The third-order valence-electron chi connectivity index (χ3n) is 0.0333. The van der Waals surface area contributed by atoms with Crippen LogP contribution in [-0.2, 0) is 10.1 Å². The van der Waals surface area contributed by atoms with Gasteiger partial charge < -0.3 is 0 Å². The lowest BCUT2D eigenvalue weighted by molar-refractivity contribution is -0.611. The van der Waals surface area contributed by atoms with E-state index in [-0.39, 0.29) is 0 Å². The van der Waals surface area contributed by atoms with Gasteiger partial charge in [-0.1, -0.05) is 0 Å². The van der Waals surface area contributed by atoms with Crippen molar-refractivity contribution in [2.45, 2.75) is 0 Å². The van der Waals surface area contributed by atoms with Gasteiger partial charge in [-0.05, 0) is 10.1 Å². The maximum atomic E-state index is 6.90. The summed E-state index contributed by atoms with van der Waals surface area (Å²) in [5.74, 6) is 0. The van der Waals surface area contributed by atoms with E-state index in [0.29, 0.717) is 0 Å². The van der Waals surface area contributed by atoms with Gasteiger partial charge in [-0.3, -0.25) is 21.0 Å². The van der Waals surface area contributed by atoms with Crippen molar-refractivity contribution in [3.8, 4) is 0 Å². The lowest BCUT2D eigenvalue weighted by atomic mass is 14.4. The second kappa shape index (κ2) is 76.4. The molecular weight excluding hydrogens is 128 g/mol. The molecule has 0 aromatic rings. The largest absolute Gasteiger partial charge is 0.255 e. The molecule has 8 heteroatoms. The smallest absolute Gasteiger partial charge is 0.0395 e. The molecule has 0 aliphatic heterocycles. The standard InChI is InChI=1S/H2O4.2H2O2/c1-3-4-2;2*1-2/h1-2H;2*1-2H. The van der Waals surface area contributed by atoms with Crippen molar-refractivity contribution in [1.82, 2.24) is 0 Å². The molecule has 0 unspecified atom stereocenters. The first kappa shape index (κ1) is 15.6. The quantitative estimate of drug-likeness (QED) is 0.216. The van der Waals surface area contributed by atoms with E-state index in [1.54, 1.807) is 0 Å². The Bertz CT molecular complexity index is 2.00. The van der Waals surface area contributed by atoms with Crippen LogP contribution in [0.1, 0.15) is 0 Å². The van der Waals surface area contributed by atoms with Gasteiger partial charge in [0.1, 0.15) is 0 Å². The molecule has 0 saturated carbocycles. The maximum Gasteiger partial charge on any atom is -0.0395 e. The molecule has 0 fully saturated rings. The van der Waals surface area contributed by atoms with E-state index in [4.69, 9.17) is 31.5 Å². The predicted molar refractivity (Wildman–Crippen MR) is 17.9 cm³/mol. The maximum absolute atomic E-state index is 6.90. The molecule has 0 atom stereocenters. The van der Waals surface area contributed by atoms with Crippen molar-refractivity contribution >= 4 is 0 Å². The van der Waals surface area contributed by atoms with Crippen molar-refractivity contribution in [2.75, 3.05) is 0 Å². The third-order valence-corrected chi connectivity index (χ3v) is 0.0333. The number of hydrogen-bond donors (Lipinski definition) is 6. The molecule has 0 spiro atoms. The van der Waals surface area contributed by atoms with E-state index in [1.165, 1.54) is 0 Å². The Labute approximate surface area is 43.0 Å². The fourth-order valence-corrected chi connectivity index (χ4v) is 0. The van der Waals surface area contributed by atoms with Crippen molar-refractivity contribution in [3.05, 3.63) is 0 Å². The fraction of sp³-hybridized carbons (Fsp3) is 0. The summed E-state index contributed by atoms with van der Waals surface area (Å²) in [4.78, 5) is 0. The minimum atomic E-state index is 2.60. The zero-order chi connectivity index (χ0) is 7.41. The van der Waals surface area contributed by atoms with Gasteiger partial charge in [-0.15, -0.1) is 0 Å². The normalized spacial score (nSPS) is 5.25. The highest BCUT2D eigenvalue weighted by Gasteiger charge is 1.53. The summed E-state index contributed by atoms with van der Waals surface area (Å²) in [6.45, 7) is 0. The van der Waals surface area contributed by atoms with Crippen LogP contribution in [0.2, 0.25) is 0 Å². The van der Waals surface area contributed by atoms with Gasteiger partial charge in [-0.25, -0.2) is 10.5 Å². The van der Waals surface area contributed by atoms with Crippen LogP contribution in [0.3, 0.4) is 0 Å². The van der Waals surface area contributed by atoms with Gasteiger partial charge >= 0.3 is 0 Å². The van der Waals surface area contributed by atoms with Crippen LogP contribution >= 0.6 is 0 Å². The molecule has 0 rings (SSSR count). The molecule has 0 aliphatic carbocycles. The summed E-state index contributed by atoms with van der Waals surface area (Å²) in [5.41, 5.74) is 0. The zero-order valence-electron chi connectivity index (χ0n) is 3.50. The first-order valence-electron chi connectivity index (χ1n) is 0.932. The molecule has 0 heterocycles. The van der Waals surface area contributed by atoms with Gasteiger partial charge in [0.15, 0.2) is 0 Å². The monoisotopic (exact) mass is 134 g/mol. The summed E-state index contributed by atoms with van der Waals surface area (Å²) in [5, 5.41) is 43.0. The summed E-state index contributed by atoms with van der Waals surface area (Å²) >= 11 is 0. The summed E-state index contributed by atoms with van der Waals surface area (Å²) in [7, 11) is 0. The SMILES string of the molecule is OO.OO.OOOO. The minimum absolute atomic E-state index is 2.60. The second-order valence-electron chi connectivity index (χ2n) is 0.149. The zero-order valence-corrected chi connectivity index (χ0v) is 3.50. The first-order valence-corrected chi connectivity index (χ1v) is 0.932. The lowest BCUT2D eigenvalue weighted by Crippen LogP contribution is -1.75. The Morgan fingerprint density at radius 2 is 0.750 bits per heavy atom. The van der Waals surface area contributed by atoms with E-state index in [9.17, 15) is 0 Å². The highest BCUT2D eigenvalue weighted by atomic mass is 17.6. The lowest BCUT2D eigenvalue weighted by Gasteiger charge is -1.71. The Morgan fingerprint density at radius 3 is 0.750 bits per heavy atom. The van der Waals surface area contributed by atoms with Gasteiger partial charge in [0.2, 0.25) is 0 Å².